The Morgan fingerprint density at radius 3 is 2.46 bits per heavy atom. The van der Waals surface area contributed by atoms with Crippen molar-refractivity contribution < 1.29 is 23.5 Å². The lowest BCUT2D eigenvalue weighted by molar-refractivity contribution is -0.141. The largest absolute Gasteiger partial charge is 0.468 e. The third-order valence-corrected chi connectivity index (χ3v) is 4.38. The van der Waals surface area contributed by atoms with Gasteiger partial charge in [0.05, 0.1) is 12.7 Å². The van der Waals surface area contributed by atoms with Crippen molar-refractivity contribution in [3.05, 3.63) is 22.6 Å². The van der Waals surface area contributed by atoms with Crippen LogP contribution in [-0.2, 0) is 16.0 Å². The van der Waals surface area contributed by atoms with E-state index in [9.17, 15) is 14.4 Å². The normalized spacial score (nSPS) is 16.0. The van der Waals surface area contributed by atoms with E-state index in [-0.39, 0.29) is 29.5 Å². The van der Waals surface area contributed by atoms with Gasteiger partial charge in [-0.2, -0.15) is 0 Å². The van der Waals surface area contributed by atoms with Crippen molar-refractivity contribution in [2.45, 2.75) is 53.5 Å². The zero-order chi connectivity index (χ0) is 18.2. The van der Waals surface area contributed by atoms with Crippen LogP contribution in [-0.4, -0.2) is 42.3 Å². The third kappa shape index (κ3) is 3.37. The first-order valence-electron chi connectivity index (χ1n) is 8.10. The van der Waals surface area contributed by atoms with Crippen LogP contribution in [0.1, 0.15) is 66.4 Å². The minimum Gasteiger partial charge on any atom is -0.468 e. The number of amides is 1. The molecule has 0 spiro atoms. The number of carbonyl (C=O) groups excluding carboxylic acids is 3. The first-order chi connectivity index (χ1) is 11.1. The Kier molecular flexibility index (Phi) is 4.87. The molecule has 1 heterocycles. The van der Waals surface area contributed by atoms with Crippen molar-refractivity contribution in [2.75, 3.05) is 13.7 Å². The minimum absolute atomic E-state index is 0.00520. The van der Waals surface area contributed by atoms with Crippen molar-refractivity contribution in [3.63, 3.8) is 0 Å². The summed E-state index contributed by atoms with van der Waals surface area (Å²) in [5.41, 5.74) is 0.906. The van der Waals surface area contributed by atoms with Crippen LogP contribution >= 0.6 is 0 Å². The summed E-state index contributed by atoms with van der Waals surface area (Å²) in [7, 11) is 1.28. The maximum absolute atomic E-state index is 12.9. The molecule has 0 aromatic carbocycles. The minimum atomic E-state index is -0.497. The number of esters is 1. The highest BCUT2D eigenvalue weighted by Crippen LogP contribution is 2.38. The Morgan fingerprint density at radius 1 is 1.29 bits per heavy atom. The number of methoxy groups -OCH3 is 1. The van der Waals surface area contributed by atoms with Gasteiger partial charge in [-0.05, 0) is 26.2 Å². The zero-order valence-electron chi connectivity index (χ0n) is 15.2. The lowest BCUT2D eigenvalue weighted by Gasteiger charge is -2.27. The average molecular weight is 335 g/mol. The molecule has 0 saturated carbocycles. The van der Waals surface area contributed by atoms with Gasteiger partial charge in [0.15, 0.2) is 11.5 Å². The van der Waals surface area contributed by atoms with Crippen molar-refractivity contribution in [3.8, 4) is 0 Å². The van der Waals surface area contributed by atoms with E-state index >= 15 is 0 Å². The van der Waals surface area contributed by atoms with E-state index in [4.69, 9.17) is 4.42 Å². The van der Waals surface area contributed by atoms with Crippen LogP contribution in [0.2, 0.25) is 0 Å². The lowest BCUT2D eigenvalue weighted by atomic mass is 9.76. The number of fused-ring (bicyclic) bond motifs is 1. The van der Waals surface area contributed by atoms with E-state index < -0.39 is 11.9 Å². The number of ether oxygens (including phenoxy) is 1. The standard InChI is InChI=1S/C18H25NO5/c1-10(2)19(9-14(21)23-6)17(22)16-11(3)15-12(20)7-18(4,5)8-13(15)24-16/h10H,7-9H2,1-6H3. The molecule has 0 unspecified atom stereocenters. The number of ketones is 1. The molecule has 0 atom stereocenters. The summed E-state index contributed by atoms with van der Waals surface area (Å²) >= 11 is 0. The van der Waals surface area contributed by atoms with E-state index in [2.05, 4.69) is 4.74 Å². The summed E-state index contributed by atoms with van der Waals surface area (Å²) in [4.78, 5) is 38.3. The predicted molar refractivity (Wildman–Crippen MR) is 88.1 cm³/mol. The molecule has 1 aromatic heterocycles. The van der Waals surface area contributed by atoms with Gasteiger partial charge in [0.2, 0.25) is 0 Å². The fourth-order valence-electron chi connectivity index (χ4n) is 3.11. The number of furan rings is 1. The van der Waals surface area contributed by atoms with Crippen molar-refractivity contribution in [1.82, 2.24) is 4.90 Å². The summed E-state index contributed by atoms with van der Waals surface area (Å²) in [6, 6.07) is -0.203. The Morgan fingerprint density at radius 2 is 1.92 bits per heavy atom. The first-order valence-corrected chi connectivity index (χ1v) is 8.10. The van der Waals surface area contributed by atoms with Crippen molar-refractivity contribution in [1.29, 1.82) is 0 Å². The Labute approximate surface area is 142 Å². The molecule has 1 aromatic rings. The molecule has 1 aliphatic carbocycles. The summed E-state index contributed by atoms with van der Waals surface area (Å²) < 4.78 is 10.4. The van der Waals surface area contributed by atoms with Crippen LogP contribution in [0.5, 0.6) is 0 Å². The molecule has 1 aliphatic rings. The molecule has 6 heteroatoms. The fourth-order valence-corrected chi connectivity index (χ4v) is 3.11. The van der Waals surface area contributed by atoms with Gasteiger partial charge < -0.3 is 14.1 Å². The van der Waals surface area contributed by atoms with Gasteiger partial charge in [-0.1, -0.05) is 13.8 Å². The summed E-state index contributed by atoms with van der Waals surface area (Å²) in [5, 5.41) is 0. The lowest BCUT2D eigenvalue weighted by Crippen LogP contribution is -2.41. The molecule has 0 N–H and O–H groups in total. The highest BCUT2D eigenvalue weighted by Gasteiger charge is 2.38. The van der Waals surface area contributed by atoms with Gasteiger partial charge in [-0.3, -0.25) is 14.4 Å². The summed E-state index contributed by atoms with van der Waals surface area (Å²) in [5.74, 6) is -0.177. The third-order valence-electron chi connectivity index (χ3n) is 4.38. The Hall–Kier alpha value is -2.11. The van der Waals surface area contributed by atoms with E-state index in [1.54, 1.807) is 6.92 Å². The molecule has 0 bridgehead atoms. The van der Waals surface area contributed by atoms with Crippen molar-refractivity contribution in [2.24, 2.45) is 5.41 Å². The average Bonchev–Trinajstić information content (AvgIpc) is 2.78. The van der Waals surface area contributed by atoms with Gasteiger partial charge in [-0.15, -0.1) is 0 Å². The second kappa shape index (κ2) is 6.42. The van der Waals surface area contributed by atoms with E-state index in [1.165, 1.54) is 12.0 Å². The van der Waals surface area contributed by atoms with Crippen LogP contribution in [0.4, 0.5) is 0 Å². The van der Waals surface area contributed by atoms with E-state index in [1.807, 2.05) is 27.7 Å². The molecule has 0 fully saturated rings. The van der Waals surface area contributed by atoms with Crippen LogP contribution in [0.25, 0.3) is 0 Å². The summed E-state index contributed by atoms with van der Waals surface area (Å²) in [6.07, 6.45) is 1.05. The van der Waals surface area contributed by atoms with E-state index in [0.717, 1.165) is 0 Å². The number of hydrogen-bond donors (Lipinski definition) is 0. The second-order valence-corrected chi connectivity index (χ2v) is 7.40. The fraction of sp³-hybridized carbons (Fsp3) is 0.611. The molecule has 0 saturated heterocycles. The van der Waals surface area contributed by atoms with E-state index in [0.29, 0.717) is 29.7 Å². The topological polar surface area (TPSA) is 76.8 Å². The number of hydrogen-bond acceptors (Lipinski definition) is 5. The maximum atomic E-state index is 12.9. The Bertz CT molecular complexity index is 684. The maximum Gasteiger partial charge on any atom is 0.325 e. The molecular formula is C18H25NO5. The zero-order valence-corrected chi connectivity index (χ0v) is 15.2. The number of rotatable bonds is 4. The smallest absolute Gasteiger partial charge is 0.325 e. The monoisotopic (exact) mass is 335 g/mol. The molecule has 24 heavy (non-hydrogen) atoms. The van der Waals surface area contributed by atoms with Gasteiger partial charge >= 0.3 is 5.97 Å². The molecule has 0 aliphatic heterocycles. The Balaban J connectivity index is 2.40. The van der Waals surface area contributed by atoms with Crippen molar-refractivity contribution >= 4 is 17.7 Å². The van der Waals surface area contributed by atoms with Gasteiger partial charge in [-0.25, -0.2) is 0 Å². The first kappa shape index (κ1) is 18.2. The number of carbonyl (C=O) groups is 3. The number of nitrogens with zero attached hydrogens (tertiary/aromatic N) is 1. The molecular weight excluding hydrogens is 310 g/mol. The molecule has 132 valence electrons. The van der Waals surface area contributed by atoms with Gasteiger partial charge in [0, 0.05) is 24.4 Å². The quantitative estimate of drug-likeness (QED) is 0.791. The second-order valence-electron chi connectivity index (χ2n) is 7.40. The summed E-state index contributed by atoms with van der Waals surface area (Å²) in [6.45, 7) is 9.20. The van der Waals surface area contributed by atoms with Crippen LogP contribution in [0, 0.1) is 12.3 Å². The highest BCUT2D eigenvalue weighted by molar-refractivity contribution is 6.04. The van der Waals surface area contributed by atoms with Crippen LogP contribution in [0.3, 0.4) is 0 Å². The van der Waals surface area contributed by atoms with Gasteiger partial charge in [0.25, 0.3) is 5.91 Å². The van der Waals surface area contributed by atoms with Gasteiger partial charge in [0.1, 0.15) is 12.3 Å². The molecule has 1 amide bonds. The SMILES string of the molecule is COC(=O)CN(C(=O)c1oc2c(c1C)C(=O)CC(C)(C)C2)C(C)C. The number of Topliss-reactive ketones (excluding diaryl/α,β-unsaturated/α-hetero) is 1. The molecule has 0 radical (unpaired) electrons. The predicted octanol–water partition coefficient (Wildman–Crippen LogP) is 2.77. The highest BCUT2D eigenvalue weighted by atomic mass is 16.5. The molecule has 2 rings (SSSR count). The molecule has 6 nitrogen and oxygen atoms in total. The van der Waals surface area contributed by atoms with Crippen LogP contribution < -0.4 is 0 Å². The van der Waals surface area contributed by atoms with Crippen LogP contribution in [0.15, 0.2) is 4.42 Å².